The third-order valence-electron chi connectivity index (χ3n) is 2.22. The molecule has 0 unspecified atom stereocenters. The molecule has 0 aliphatic heterocycles. The predicted octanol–water partition coefficient (Wildman–Crippen LogP) is 2.81. The minimum absolute atomic E-state index is 0.979. The van der Waals surface area contributed by atoms with Crippen LogP contribution in [0.15, 0.2) is 28.7 Å². The first-order chi connectivity index (χ1) is 6.74. The molecule has 0 bridgehead atoms. The normalized spacial score (nSPS) is 10.6. The highest BCUT2D eigenvalue weighted by Crippen LogP contribution is 2.20. The van der Waals surface area contributed by atoms with E-state index in [1.165, 1.54) is 0 Å². The molecule has 0 atom stereocenters. The molecule has 0 aliphatic carbocycles. The van der Waals surface area contributed by atoms with Crippen LogP contribution in [-0.4, -0.2) is 31.6 Å². The fourth-order valence-corrected chi connectivity index (χ4v) is 1.57. The molecule has 78 valence electrons. The van der Waals surface area contributed by atoms with Gasteiger partial charge in [0.05, 0.1) is 0 Å². The van der Waals surface area contributed by atoms with Gasteiger partial charge in [-0.25, -0.2) is 0 Å². The summed E-state index contributed by atoms with van der Waals surface area (Å²) >= 11 is 3.50. The van der Waals surface area contributed by atoms with Gasteiger partial charge in [0.15, 0.2) is 0 Å². The molecule has 0 spiro atoms. The van der Waals surface area contributed by atoms with E-state index in [-0.39, 0.29) is 0 Å². The molecular formula is C11H17BrN2. The standard InChI is InChI=1S/C11H17BrN2/c1-3-14(2)9-8-13-11-7-5-4-6-10(11)12/h4-7,13H,3,8-9H2,1-2H3. The van der Waals surface area contributed by atoms with Gasteiger partial charge in [-0.05, 0) is 41.7 Å². The van der Waals surface area contributed by atoms with Crippen molar-refractivity contribution in [2.75, 3.05) is 32.0 Å². The molecule has 0 fully saturated rings. The van der Waals surface area contributed by atoms with Crippen molar-refractivity contribution < 1.29 is 0 Å². The Morgan fingerprint density at radius 3 is 2.71 bits per heavy atom. The summed E-state index contributed by atoms with van der Waals surface area (Å²) in [5, 5.41) is 3.39. The van der Waals surface area contributed by atoms with Crippen molar-refractivity contribution in [1.29, 1.82) is 0 Å². The summed E-state index contributed by atoms with van der Waals surface area (Å²) in [6.45, 7) is 5.31. The second kappa shape index (κ2) is 6.04. The lowest BCUT2D eigenvalue weighted by atomic mass is 10.3. The highest BCUT2D eigenvalue weighted by molar-refractivity contribution is 9.10. The second-order valence-electron chi connectivity index (χ2n) is 3.30. The van der Waals surface area contributed by atoms with Crippen LogP contribution in [0.25, 0.3) is 0 Å². The van der Waals surface area contributed by atoms with Crippen LogP contribution in [0.1, 0.15) is 6.92 Å². The Balaban J connectivity index is 2.35. The van der Waals surface area contributed by atoms with Crippen LogP contribution in [0.2, 0.25) is 0 Å². The SMILES string of the molecule is CCN(C)CCNc1ccccc1Br. The smallest absolute Gasteiger partial charge is 0.0485 e. The van der Waals surface area contributed by atoms with E-state index in [0.29, 0.717) is 0 Å². The zero-order chi connectivity index (χ0) is 10.4. The molecule has 0 saturated carbocycles. The molecule has 14 heavy (non-hydrogen) atoms. The molecule has 0 heterocycles. The Labute approximate surface area is 94.4 Å². The summed E-state index contributed by atoms with van der Waals surface area (Å²) in [6, 6.07) is 8.19. The lowest BCUT2D eigenvalue weighted by molar-refractivity contribution is 0.367. The average Bonchev–Trinajstić information content (AvgIpc) is 2.20. The van der Waals surface area contributed by atoms with Crippen LogP contribution in [0.5, 0.6) is 0 Å². The van der Waals surface area contributed by atoms with Crippen molar-refractivity contribution in [2.45, 2.75) is 6.92 Å². The van der Waals surface area contributed by atoms with Gasteiger partial charge >= 0.3 is 0 Å². The number of nitrogens with one attached hydrogen (secondary N) is 1. The summed E-state index contributed by atoms with van der Waals surface area (Å²) in [5.41, 5.74) is 1.16. The van der Waals surface area contributed by atoms with Gasteiger partial charge in [-0.15, -0.1) is 0 Å². The predicted molar refractivity (Wildman–Crippen MR) is 65.8 cm³/mol. The van der Waals surface area contributed by atoms with Crippen molar-refractivity contribution in [3.05, 3.63) is 28.7 Å². The largest absolute Gasteiger partial charge is 0.383 e. The van der Waals surface area contributed by atoms with Gasteiger partial charge in [-0.2, -0.15) is 0 Å². The van der Waals surface area contributed by atoms with Crippen LogP contribution in [0.3, 0.4) is 0 Å². The van der Waals surface area contributed by atoms with Crippen molar-refractivity contribution in [1.82, 2.24) is 4.90 Å². The minimum Gasteiger partial charge on any atom is -0.383 e. The molecule has 1 rings (SSSR count). The Morgan fingerprint density at radius 1 is 1.36 bits per heavy atom. The molecule has 0 saturated heterocycles. The van der Waals surface area contributed by atoms with Crippen LogP contribution < -0.4 is 5.32 Å². The molecule has 2 nitrogen and oxygen atoms in total. The summed E-state index contributed by atoms with van der Waals surface area (Å²) in [7, 11) is 2.13. The summed E-state index contributed by atoms with van der Waals surface area (Å²) in [6.07, 6.45) is 0. The van der Waals surface area contributed by atoms with E-state index in [0.717, 1.165) is 29.8 Å². The monoisotopic (exact) mass is 256 g/mol. The fourth-order valence-electron chi connectivity index (χ4n) is 1.14. The van der Waals surface area contributed by atoms with Crippen LogP contribution in [0.4, 0.5) is 5.69 Å². The Morgan fingerprint density at radius 2 is 2.07 bits per heavy atom. The lowest BCUT2D eigenvalue weighted by Gasteiger charge is -2.15. The zero-order valence-corrected chi connectivity index (χ0v) is 10.3. The number of halogens is 1. The van der Waals surface area contributed by atoms with Gasteiger partial charge in [0.25, 0.3) is 0 Å². The highest BCUT2D eigenvalue weighted by atomic mass is 79.9. The number of nitrogens with zero attached hydrogens (tertiary/aromatic N) is 1. The van der Waals surface area contributed by atoms with E-state index in [9.17, 15) is 0 Å². The van der Waals surface area contributed by atoms with Crippen molar-refractivity contribution >= 4 is 21.6 Å². The van der Waals surface area contributed by atoms with Gasteiger partial charge in [-0.3, -0.25) is 0 Å². The van der Waals surface area contributed by atoms with Gasteiger partial charge in [0, 0.05) is 23.2 Å². The van der Waals surface area contributed by atoms with Crippen molar-refractivity contribution in [3.63, 3.8) is 0 Å². The molecule has 0 aliphatic rings. The van der Waals surface area contributed by atoms with Gasteiger partial charge in [0.2, 0.25) is 0 Å². The minimum atomic E-state index is 0.979. The molecule has 0 aromatic heterocycles. The molecule has 1 aromatic rings. The zero-order valence-electron chi connectivity index (χ0n) is 8.76. The number of likely N-dealkylation sites (N-methyl/N-ethyl adjacent to an activating group) is 1. The van der Waals surface area contributed by atoms with E-state index >= 15 is 0 Å². The third-order valence-corrected chi connectivity index (χ3v) is 2.91. The molecule has 0 radical (unpaired) electrons. The number of hydrogen-bond donors (Lipinski definition) is 1. The Hall–Kier alpha value is -0.540. The van der Waals surface area contributed by atoms with Gasteiger partial charge in [-0.1, -0.05) is 19.1 Å². The third kappa shape index (κ3) is 3.68. The molecule has 1 aromatic carbocycles. The summed E-state index contributed by atoms with van der Waals surface area (Å²) in [5.74, 6) is 0. The van der Waals surface area contributed by atoms with E-state index in [1.807, 2.05) is 18.2 Å². The number of para-hydroxylation sites is 1. The number of anilines is 1. The first-order valence-corrected chi connectivity index (χ1v) is 5.70. The maximum atomic E-state index is 3.50. The Kier molecular flexibility index (Phi) is 4.98. The van der Waals surface area contributed by atoms with E-state index < -0.39 is 0 Å². The lowest BCUT2D eigenvalue weighted by Crippen LogP contribution is -2.24. The molecule has 0 amide bonds. The maximum absolute atomic E-state index is 3.50. The van der Waals surface area contributed by atoms with E-state index in [4.69, 9.17) is 0 Å². The number of hydrogen-bond acceptors (Lipinski definition) is 2. The highest BCUT2D eigenvalue weighted by Gasteiger charge is 1.97. The van der Waals surface area contributed by atoms with Crippen molar-refractivity contribution in [3.8, 4) is 0 Å². The fraction of sp³-hybridized carbons (Fsp3) is 0.455. The van der Waals surface area contributed by atoms with E-state index in [1.54, 1.807) is 0 Å². The molecule has 3 heteroatoms. The first-order valence-electron chi connectivity index (χ1n) is 4.91. The summed E-state index contributed by atoms with van der Waals surface area (Å²) in [4.78, 5) is 2.28. The van der Waals surface area contributed by atoms with Gasteiger partial charge < -0.3 is 10.2 Å². The maximum Gasteiger partial charge on any atom is 0.0485 e. The summed E-state index contributed by atoms with van der Waals surface area (Å²) < 4.78 is 1.12. The van der Waals surface area contributed by atoms with Crippen molar-refractivity contribution in [2.24, 2.45) is 0 Å². The first kappa shape index (κ1) is 11.5. The quantitative estimate of drug-likeness (QED) is 0.872. The number of benzene rings is 1. The van der Waals surface area contributed by atoms with Gasteiger partial charge in [0.1, 0.15) is 0 Å². The molecule has 1 N–H and O–H groups in total. The average molecular weight is 257 g/mol. The van der Waals surface area contributed by atoms with Crippen LogP contribution in [0, 0.1) is 0 Å². The molecular weight excluding hydrogens is 240 g/mol. The van der Waals surface area contributed by atoms with Crippen LogP contribution in [-0.2, 0) is 0 Å². The van der Waals surface area contributed by atoms with E-state index in [2.05, 4.69) is 46.2 Å². The second-order valence-corrected chi connectivity index (χ2v) is 4.16. The number of rotatable bonds is 5. The van der Waals surface area contributed by atoms with Crippen LogP contribution >= 0.6 is 15.9 Å². The topological polar surface area (TPSA) is 15.3 Å². The Bertz CT molecular complexity index is 276.